The molecule has 10 heteroatoms. The number of benzene rings is 1. The molecule has 1 amide bonds. The van der Waals surface area contributed by atoms with Crippen LogP contribution in [0.15, 0.2) is 53.6 Å². The number of carbonyl (C=O) groups excluding carboxylic acids is 1. The first-order valence-electron chi connectivity index (χ1n) is 11.4. The standard InChI is InChI=1S/C24H26ClN7O2/c1-17-21(15-32-14-20(25)11-27-32)23(29-34-17)24(33)30-9-5-8-19(13-30)10-22-28-26-16-31(22)12-18-6-3-2-4-7-18/h2-4,6-7,11,14,16,19H,5,8-10,12-13,15H2,1H3. The van der Waals surface area contributed by atoms with Gasteiger partial charge in [0, 0.05) is 31.3 Å². The molecular formula is C24H26ClN7O2. The molecule has 4 aromatic rings. The topological polar surface area (TPSA) is 94.9 Å². The van der Waals surface area contributed by atoms with Gasteiger partial charge in [-0.2, -0.15) is 5.10 Å². The van der Waals surface area contributed by atoms with E-state index in [1.165, 1.54) is 5.56 Å². The minimum Gasteiger partial charge on any atom is -0.361 e. The first kappa shape index (κ1) is 22.3. The Hall–Kier alpha value is -3.46. The largest absolute Gasteiger partial charge is 0.361 e. The van der Waals surface area contributed by atoms with Crippen LogP contribution < -0.4 is 0 Å². The summed E-state index contributed by atoms with van der Waals surface area (Å²) in [6.45, 7) is 4.27. The highest BCUT2D eigenvalue weighted by Crippen LogP contribution is 2.24. The molecule has 0 aliphatic carbocycles. The summed E-state index contributed by atoms with van der Waals surface area (Å²) in [6.07, 6.45) is 7.80. The van der Waals surface area contributed by atoms with E-state index in [-0.39, 0.29) is 5.91 Å². The predicted octanol–water partition coefficient (Wildman–Crippen LogP) is 3.62. The van der Waals surface area contributed by atoms with Gasteiger partial charge in [0.2, 0.25) is 0 Å². The Bertz CT molecular complexity index is 1260. The average molecular weight is 480 g/mol. The maximum Gasteiger partial charge on any atom is 0.276 e. The molecule has 1 aliphatic heterocycles. The minimum atomic E-state index is -0.111. The van der Waals surface area contributed by atoms with Crippen LogP contribution in [0.2, 0.25) is 5.02 Å². The van der Waals surface area contributed by atoms with Gasteiger partial charge in [-0.3, -0.25) is 9.48 Å². The second-order valence-corrected chi connectivity index (χ2v) is 9.18. The molecule has 176 valence electrons. The van der Waals surface area contributed by atoms with Crippen LogP contribution in [0.3, 0.4) is 0 Å². The molecule has 9 nitrogen and oxygen atoms in total. The Labute approximate surface area is 202 Å². The smallest absolute Gasteiger partial charge is 0.276 e. The zero-order valence-corrected chi connectivity index (χ0v) is 19.7. The van der Waals surface area contributed by atoms with Crippen molar-refractivity contribution >= 4 is 17.5 Å². The zero-order chi connectivity index (χ0) is 23.5. The molecule has 0 saturated carbocycles. The number of aryl methyl sites for hydroxylation is 1. The summed E-state index contributed by atoms with van der Waals surface area (Å²) in [7, 11) is 0. The zero-order valence-electron chi connectivity index (χ0n) is 19.0. The Morgan fingerprint density at radius 2 is 2.09 bits per heavy atom. The SMILES string of the molecule is Cc1onc(C(=O)N2CCCC(Cc3nncn3Cc3ccccc3)C2)c1Cn1cc(Cl)cn1. The van der Waals surface area contributed by atoms with Gasteiger partial charge in [0.1, 0.15) is 17.9 Å². The highest BCUT2D eigenvalue weighted by Gasteiger charge is 2.30. The lowest BCUT2D eigenvalue weighted by atomic mass is 9.94. The molecule has 0 N–H and O–H groups in total. The summed E-state index contributed by atoms with van der Waals surface area (Å²) < 4.78 is 9.14. The number of piperidine rings is 1. The van der Waals surface area contributed by atoms with Crippen LogP contribution in [0.25, 0.3) is 0 Å². The molecule has 1 fully saturated rings. The number of amides is 1. The molecule has 3 aromatic heterocycles. The van der Waals surface area contributed by atoms with Crippen LogP contribution in [0, 0.1) is 12.8 Å². The summed E-state index contributed by atoms with van der Waals surface area (Å²) in [5.74, 6) is 1.74. The third-order valence-corrected chi connectivity index (χ3v) is 6.47. The third kappa shape index (κ3) is 4.89. The first-order chi connectivity index (χ1) is 16.6. The lowest BCUT2D eigenvalue weighted by molar-refractivity contribution is 0.0660. The van der Waals surface area contributed by atoms with E-state index in [1.54, 1.807) is 23.4 Å². The van der Waals surface area contributed by atoms with Gasteiger partial charge < -0.3 is 14.0 Å². The number of hydrogen-bond acceptors (Lipinski definition) is 6. The van der Waals surface area contributed by atoms with Crippen LogP contribution in [-0.2, 0) is 19.5 Å². The van der Waals surface area contributed by atoms with Gasteiger partial charge in [-0.05, 0) is 31.2 Å². The van der Waals surface area contributed by atoms with Gasteiger partial charge in [-0.15, -0.1) is 10.2 Å². The monoisotopic (exact) mass is 479 g/mol. The maximum atomic E-state index is 13.4. The second-order valence-electron chi connectivity index (χ2n) is 8.75. The molecule has 1 saturated heterocycles. The van der Waals surface area contributed by atoms with Crippen molar-refractivity contribution < 1.29 is 9.32 Å². The van der Waals surface area contributed by atoms with Crippen LogP contribution in [0.1, 0.15) is 46.0 Å². The van der Waals surface area contributed by atoms with Crippen LogP contribution in [0.5, 0.6) is 0 Å². The summed E-state index contributed by atoms with van der Waals surface area (Å²) in [6, 6.07) is 10.3. The van der Waals surface area contributed by atoms with E-state index in [9.17, 15) is 4.79 Å². The van der Waals surface area contributed by atoms with Crippen molar-refractivity contribution in [3.63, 3.8) is 0 Å². The normalized spacial score (nSPS) is 16.2. The lowest BCUT2D eigenvalue weighted by Crippen LogP contribution is -2.41. The number of likely N-dealkylation sites (tertiary alicyclic amines) is 1. The Kier molecular flexibility index (Phi) is 6.44. The number of rotatable bonds is 7. The van der Waals surface area contributed by atoms with Gasteiger partial charge in [0.15, 0.2) is 5.69 Å². The molecule has 1 aliphatic rings. The third-order valence-electron chi connectivity index (χ3n) is 6.28. The second kappa shape index (κ2) is 9.80. The summed E-state index contributed by atoms with van der Waals surface area (Å²) in [4.78, 5) is 15.3. The molecule has 4 heterocycles. The van der Waals surface area contributed by atoms with Crippen molar-refractivity contribution in [2.75, 3.05) is 13.1 Å². The van der Waals surface area contributed by atoms with E-state index in [0.717, 1.165) is 37.2 Å². The maximum absolute atomic E-state index is 13.4. The van der Waals surface area contributed by atoms with Crippen LogP contribution in [0.4, 0.5) is 0 Å². The van der Waals surface area contributed by atoms with Crippen molar-refractivity contribution in [1.29, 1.82) is 0 Å². The van der Waals surface area contributed by atoms with Gasteiger partial charge in [-0.25, -0.2) is 0 Å². The highest BCUT2D eigenvalue weighted by molar-refractivity contribution is 6.30. The van der Waals surface area contributed by atoms with E-state index in [1.807, 2.05) is 30.0 Å². The lowest BCUT2D eigenvalue weighted by Gasteiger charge is -2.32. The first-order valence-corrected chi connectivity index (χ1v) is 11.8. The van der Waals surface area contributed by atoms with Gasteiger partial charge in [0.05, 0.1) is 24.3 Å². The fraction of sp³-hybridized carbons (Fsp3) is 0.375. The molecule has 34 heavy (non-hydrogen) atoms. The molecule has 1 unspecified atom stereocenters. The van der Waals surface area contributed by atoms with Gasteiger partial charge in [0.25, 0.3) is 5.91 Å². The molecule has 5 rings (SSSR count). The predicted molar refractivity (Wildman–Crippen MR) is 125 cm³/mol. The van der Waals surface area contributed by atoms with Crippen molar-refractivity contribution in [3.8, 4) is 0 Å². The van der Waals surface area contributed by atoms with Crippen molar-refractivity contribution in [1.82, 2.24) is 34.6 Å². The van der Waals surface area contributed by atoms with Gasteiger partial charge in [-0.1, -0.05) is 47.1 Å². The van der Waals surface area contributed by atoms with E-state index >= 15 is 0 Å². The molecule has 0 bridgehead atoms. The summed E-state index contributed by atoms with van der Waals surface area (Å²) >= 11 is 5.99. The minimum absolute atomic E-state index is 0.111. The Balaban J connectivity index is 1.27. The van der Waals surface area contributed by atoms with E-state index in [0.29, 0.717) is 42.0 Å². The fourth-order valence-electron chi connectivity index (χ4n) is 4.51. The van der Waals surface area contributed by atoms with Gasteiger partial charge >= 0.3 is 0 Å². The average Bonchev–Trinajstić information content (AvgIpc) is 3.56. The Morgan fingerprint density at radius 1 is 1.24 bits per heavy atom. The van der Waals surface area contributed by atoms with Crippen molar-refractivity contribution in [2.45, 2.75) is 39.3 Å². The number of hydrogen-bond donors (Lipinski definition) is 0. The van der Waals surface area contributed by atoms with Crippen molar-refractivity contribution in [3.05, 3.63) is 82.5 Å². The molecule has 1 aromatic carbocycles. The van der Waals surface area contributed by atoms with E-state index in [2.05, 4.69) is 37.2 Å². The quantitative estimate of drug-likeness (QED) is 0.402. The summed E-state index contributed by atoms with van der Waals surface area (Å²) in [5.41, 5.74) is 2.28. The van der Waals surface area contributed by atoms with E-state index < -0.39 is 0 Å². The van der Waals surface area contributed by atoms with Crippen LogP contribution >= 0.6 is 11.6 Å². The number of halogens is 1. The number of carbonyl (C=O) groups is 1. The number of aromatic nitrogens is 6. The Morgan fingerprint density at radius 3 is 2.88 bits per heavy atom. The molecule has 0 spiro atoms. The molecule has 0 radical (unpaired) electrons. The van der Waals surface area contributed by atoms with Crippen LogP contribution in [-0.4, -0.2) is 53.6 Å². The fourth-order valence-corrected chi connectivity index (χ4v) is 4.66. The number of nitrogens with zero attached hydrogens (tertiary/aromatic N) is 7. The van der Waals surface area contributed by atoms with E-state index in [4.69, 9.17) is 16.1 Å². The summed E-state index contributed by atoms with van der Waals surface area (Å²) in [5, 5.41) is 17.3. The molecule has 1 atom stereocenters. The highest BCUT2D eigenvalue weighted by atomic mass is 35.5. The van der Waals surface area contributed by atoms with Crippen molar-refractivity contribution in [2.24, 2.45) is 5.92 Å². The molecular weight excluding hydrogens is 454 g/mol.